The third kappa shape index (κ3) is 2.86. The number of thiophene rings is 1. The maximum absolute atomic E-state index is 11.2. The second-order valence-electron chi connectivity index (χ2n) is 4.72. The summed E-state index contributed by atoms with van der Waals surface area (Å²) >= 11 is 1.53. The molecule has 0 fully saturated rings. The number of nitrogens with zero attached hydrogens (tertiary/aromatic N) is 2. The topological polar surface area (TPSA) is 78.4 Å². The van der Waals surface area contributed by atoms with Gasteiger partial charge in [-0.05, 0) is 29.6 Å². The van der Waals surface area contributed by atoms with Crippen molar-refractivity contribution in [2.45, 2.75) is 6.61 Å². The van der Waals surface area contributed by atoms with Gasteiger partial charge < -0.3 is 13.6 Å². The summed E-state index contributed by atoms with van der Waals surface area (Å²) in [5, 5.41) is 10.7. The first-order valence-electron chi connectivity index (χ1n) is 6.81. The molecule has 0 saturated carbocycles. The molecular formula is C16H10N2O4S. The maximum atomic E-state index is 11.2. The molecule has 0 aliphatic rings. The van der Waals surface area contributed by atoms with Gasteiger partial charge in [-0.25, -0.2) is 4.79 Å². The van der Waals surface area contributed by atoms with Crippen LogP contribution in [0.1, 0.15) is 5.89 Å². The summed E-state index contributed by atoms with van der Waals surface area (Å²) in [6.07, 6.45) is 0. The lowest BCUT2D eigenvalue weighted by atomic mass is 10.2. The van der Waals surface area contributed by atoms with E-state index in [1.807, 2.05) is 23.6 Å². The Balaban J connectivity index is 1.51. The Labute approximate surface area is 134 Å². The fourth-order valence-electron chi connectivity index (χ4n) is 2.09. The highest BCUT2D eigenvalue weighted by Crippen LogP contribution is 2.24. The number of hydrogen-bond acceptors (Lipinski definition) is 7. The SMILES string of the molecule is O=c1ccc2ccc(OCc3nnc(-c4cccs4)o3)cc2o1. The van der Waals surface area contributed by atoms with E-state index in [9.17, 15) is 4.79 Å². The fraction of sp³-hybridized carbons (Fsp3) is 0.0625. The number of ether oxygens (including phenoxy) is 1. The second kappa shape index (κ2) is 5.69. The second-order valence-corrected chi connectivity index (χ2v) is 5.67. The highest BCUT2D eigenvalue weighted by atomic mass is 32.1. The van der Waals surface area contributed by atoms with Crippen LogP contribution >= 0.6 is 11.3 Å². The molecule has 114 valence electrons. The maximum Gasteiger partial charge on any atom is 0.336 e. The van der Waals surface area contributed by atoms with Gasteiger partial charge in [-0.3, -0.25) is 0 Å². The number of fused-ring (bicyclic) bond motifs is 1. The minimum absolute atomic E-state index is 0.140. The Hall–Kier alpha value is -2.93. The number of benzene rings is 1. The van der Waals surface area contributed by atoms with Gasteiger partial charge in [-0.15, -0.1) is 21.5 Å². The van der Waals surface area contributed by atoms with E-state index in [4.69, 9.17) is 13.6 Å². The molecule has 0 unspecified atom stereocenters. The Bertz CT molecular complexity index is 1000. The molecule has 0 atom stereocenters. The summed E-state index contributed by atoms with van der Waals surface area (Å²) in [7, 11) is 0. The molecule has 0 aliphatic carbocycles. The number of aromatic nitrogens is 2. The zero-order valence-electron chi connectivity index (χ0n) is 11.8. The lowest BCUT2D eigenvalue weighted by molar-refractivity contribution is 0.264. The lowest BCUT2D eigenvalue weighted by Crippen LogP contribution is -1.97. The van der Waals surface area contributed by atoms with Crippen LogP contribution in [0.3, 0.4) is 0 Å². The van der Waals surface area contributed by atoms with Crippen LogP contribution in [0, 0.1) is 0 Å². The fourth-order valence-corrected chi connectivity index (χ4v) is 2.73. The Kier molecular flexibility index (Phi) is 3.39. The van der Waals surface area contributed by atoms with Crippen molar-refractivity contribution in [3.63, 3.8) is 0 Å². The van der Waals surface area contributed by atoms with Gasteiger partial charge in [-0.1, -0.05) is 6.07 Å². The number of hydrogen-bond donors (Lipinski definition) is 0. The van der Waals surface area contributed by atoms with Crippen molar-refractivity contribution in [1.82, 2.24) is 10.2 Å². The summed E-state index contributed by atoms with van der Waals surface area (Å²) < 4.78 is 16.3. The average Bonchev–Trinajstić information content (AvgIpc) is 3.23. The van der Waals surface area contributed by atoms with E-state index in [2.05, 4.69) is 10.2 Å². The Morgan fingerprint density at radius 3 is 2.87 bits per heavy atom. The third-order valence-corrected chi connectivity index (χ3v) is 4.01. The first kappa shape index (κ1) is 13.7. The predicted molar refractivity (Wildman–Crippen MR) is 84.4 cm³/mol. The summed E-state index contributed by atoms with van der Waals surface area (Å²) in [4.78, 5) is 12.2. The van der Waals surface area contributed by atoms with Gasteiger partial charge in [0.05, 0.1) is 4.88 Å². The summed E-state index contributed by atoms with van der Waals surface area (Å²) in [5.74, 6) is 1.41. The molecule has 0 radical (unpaired) electrons. The smallest absolute Gasteiger partial charge is 0.336 e. The van der Waals surface area contributed by atoms with Crippen LogP contribution < -0.4 is 10.4 Å². The summed E-state index contributed by atoms with van der Waals surface area (Å²) in [6, 6.07) is 12.2. The van der Waals surface area contributed by atoms with Crippen LogP contribution in [-0.4, -0.2) is 10.2 Å². The first-order valence-corrected chi connectivity index (χ1v) is 7.69. The first-order chi connectivity index (χ1) is 11.3. The van der Waals surface area contributed by atoms with E-state index < -0.39 is 5.63 Å². The van der Waals surface area contributed by atoms with E-state index in [0.717, 1.165) is 10.3 Å². The van der Waals surface area contributed by atoms with Gasteiger partial charge in [0.15, 0.2) is 6.61 Å². The molecule has 1 aromatic carbocycles. The highest BCUT2D eigenvalue weighted by molar-refractivity contribution is 7.13. The van der Waals surface area contributed by atoms with Crippen molar-refractivity contribution in [3.05, 3.63) is 64.2 Å². The van der Waals surface area contributed by atoms with Crippen molar-refractivity contribution in [2.75, 3.05) is 0 Å². The summed E-state index contributed by atoms with van der Waals surface area (Å²) in [6.45, 7) is 0.140. The molecule has 0 bridgehead atoms. The largest absolute Gasteiger partial charge is 0.484 e. The molecule has 0 saturated heterocycles. The molecule has 7 heteroatoms. The quantitative estimate of drug-likeness (QED) is 0.534. The van der Waals surface area contributed by atoms with E-state index in [1.54, 1.807) is 18.2 Å². The Morgan fingerprint density at radius 1 is 1.09 bits per heavy atom. The van der Waals surface area contributed by atoms with Crippen LogP contribution in [0.5, 0.6) is 5.75 Å². The van der Waals surface area contributed by atoms with Crippen molar-refractivity contribution >= 4 is 22.3 Å². The van der Waals surface area contributed by atoms with E-state index in [-0.39, 0.29) is 6.61 Å². The molecule has 3 heterocycles. The standard InChI is InChI=1S/C16H10N2O4S/c19-15-6-4-10-3-5-11(8-12(10)21-15)20-9-14-17-18-16(22-14)13-2-1-7-23-13/h1-8H,9H2. The minimum Gasteiger partial charge on any atom is -0.484 e. The van der Waals surface area contributed by atoms with Crippen LogP contribution in [0.2, 0.25) is 0 Å². The van der Waals surface area contributed by atoms with Crippen LogP contribution in [0.15, 0.2) is 61.5 Å². The van der Waals surface area contributed by atoms with Crippen LogP contribution in [-0.2, 0) is 6.61 Å². The Morgan fingerprint density at radius 2 is 2.00 bits per heavy atom. The lowest BCUT2D eigenvalue weighted by Gasteiger charge is -2.03. The molecule has 0 amide bonds. The average molecular weight is 326 g/mol. The van der Waals surface area contributed by atoms with Crippen molar-refractivity contribution in [2.24, 2.45) is 0 Å². The monoisotopic (exact) mass is 326 g/mol. The number of rotatable bonds is 4. The molecule has 0 N–H and O–H groups in total. The molecular weight excluding hydrogens is 316 g/mol. The van der Waals surface area contributed by atoms with Gasteiger partial charge in [0.1, 0.15) is 11.3 Å². The normalized spacial score (nSPS) is 11.0. The van der Waals surface area contributed by atoms with E-state index >= 15 is 0 Å². The highest BCUT2D eigenvalue weighted by Gasteiger charge is 2.10. The van der Waals surface area contributed by atoms with Crippen molar-refractivity contribution in [1.29, 1.82) is 0 Å². The van der Waals surface area contributed by atoms with Gasteiger partial charge >= 0.3 is 5.63 Å². The minimum atomic E-state index is -0.396. The molecule has 23 heavy (non-hydrogen) atoms. The molecule has 4 rings (SSSR count). The molecule has 3 aromatic heterocycles. The van der Waals surface area contributed by atoms with Crippen LogP contribution in [0.4, 0.5) is 0 Å². The van der Waals surface area contributed by atoms with Crippen molar-refractivity contribution in [3.8, 4) is 16.5 Å². The van der Waals surface area contributed by atoms with Gasteiger partial charge in [0, 0.05) is 17.5 Å². The molecule has 6 nitrogen and oxygen atoms in total. The van der Waals surface area contributed by atoms with Crippen LogP contribution in [0.25, 0.3) is 21.7 Å². The zero-order valence-corrected chi connectivity index (χ0v) is 12.6. The van der Waals surface area contributed by atoms with Crippen molar-refractivity contribution < 1.29 is 13.6 Å². The van der Waals surface area contributed by atoms with Gasteiger partial charge in [0.25, 0.3) is 11.8 Å². The molecule has 0 spiro atoms. The molecule has 4 aromatic rings. The van der Waals surface area contributed by atoms with Gasteiger partial charge in [-0.2, -0.15) is 0 Å². The summed E-state index contributed by atoms with van der Waals surface area (Å²) in [5.41, 5.74) is 0.0759. The van der Waals surface area contributed by atoms with Gasteiger partial charge in [0.2, 0.25) is 0 Å². The molecule has 0 aliphatic heterocycles. The predicted octanol–water partition coefficient (Wildman–Crippen LogP) is 3.48. The zero-order chi connectivity index (χ0) is 15.6. The van der Waals surface area contributed by atoms with E-state index in [1.165, 1.54) is 17.4 Å². The third-order valence-electron chi connectivity index (χ3n) is 3.16. The van der Waals surface area contributed by atoms with E-state index in [0.29, 0.717) is 23.1 Å².